The SMILES string of the molecule is c1ccc(S2(c3ccc[nH]3)(c3ccn[nH]3)(c3ncc[nH]3)C(c3cccnn3)=C(c3ncccn3)C(c3cn[nH]n3)=C2c2ccco2)nc1. The Hall–Kier alpha value is -6.74. The highest BCUT2D eigenvalue weighted by Crippen LogP contribution is 3.17. The van der Waals surface area contributed by atoms with E-state index in [9.17, 15) is 0 Å². The number of rotatable bonds is 8. The third-order valence-corrected chi connectivity index (χ3v) is 17.0. The number of nitrogens with one attached hydrogen (secondary N) is 4. The zero-order valence-electron chi connectivity index (χ0n) is 25.0. The first kappa shape index (κ1) is 27.6. The number of hydrogen-bond donors (Lipinski definition) is 4. The van der Waals surface area contributed by atoms with Gasteiger partial charge in [-0.05, 0) is 60.7 Å². The molecule has 0 atom stereocenters. The third-order valence-electron chi connectivity index (χ3n) is 9.00. The van der Waals surface area contributed by atoms with E-state index in [2.05, 4.69) is 35.6 Å². The second kappa shape index (κ2) is 9.88. The normalized spacial score (nSPS) is 17.8. The molecule has 15 heteroatoms. The lowest BCUT2D eigenvalue weighted by molar-refractivity contribution is 0.555. The largest absolute Gasteiger partial charge is 0.464 e. The van der Waals surface area contributed by atoms with Gasteiger partial charge in [0.15, 0.2) is 11.0 Å². The lowest BCUT2D eigenvalue weighted by Gasteiger charge is -2.74. The van der Waals surface area contributed by atoms with Gasteiger partial charge in [-0.1, -0.05) is 14.4 Å². The average Bonchev–Trinajstić information content (AvgIpc) is 4.00. The summed E-state index contributed by atoms with van der Waals surface area (Å²) in [5.74, 6) is 0.907. The van der Waals surface area contributed by atoms with Crippen molar-refractivity contribution in [2.75, 3.05) is 0 Å². The van der Waals surface area contributed by atoms with E-state index in [0.717, 1.165) is 0 Å². The Morgan fingerprint density at radius 1 is 0.625 bits per heavy atom. The van der Waals surface area contributed by atoms with Crippen LogP contribution in [0.25, 0.3) is 21.0 Å². The number of aromatic nitrogens is 13. The van der Waals surface area contributed by atoms with E-state index in [1.54, 1.807) is 61.9 Å². The molecular weight excluding hydrogens is 627 g/mol. The highest BCUT2D eigenvalue weighted by Gasteiger charge is 2.81. The van der Waals surface area contributed by atoms with Crippen molar-refractivity contribution in [2.45, 2.75) is 20.2 Å². The van der Waals surface area contributed by atoms with Gasteiger partial charge in [0.1, 0.15) is 11.5 Å². The molecule has 9 heterocycles. The number of nitrogens with zero attached hydrogens (tertiary/aromatic N) is 9. The Kier molecular flexibility index (Phi) is 5.67. The predicted molar refractivity (Wildman–Crippen MR) is 176 cm³/mol. The number of furan rings is 1. The molecule has 14 nitrogen and oxygen atoms in total. The van der Waals surface area contributed by atoms with Crippen molar-refractivity contribution in [1.82, 2.24) is 65.7 Å². The summed E-state index contributed by atoms with van der Waals surface area (Å²) in [5, 5.41) is 31.6. The Morgan fingerprint density at radius 2 is 1.56 bits per heavy atom. The lowest BCUT2D eigenvalue weighted by atomic mass is 10.00. The molecule has 48 heavy (non-hydrogen) atoms. The summed E-state index contributed by atoms with van der Waals surface area (Å²) in [6.07, 6.45) is 17.2. The van der Waals surface area contributed by atoms with Crippen molar-refractivity contribution < 1.29 is 4.42 Å². The Balaban J connectivity index is 1.78. The van der Waals surface area contributed by atoms with E-state index >= 15 is 0 Å². The summed E-state index contributed by atoms with van der Waals surface area (Å²) >= 11 is 0. The molecule has 234 valence electrons. The minimum absolute atomic E-state index is 0.399. The molecule has 0 saturated carbocycles. The molecule has 9 rings (SSSR count). The molecule has 0 fully saturated rings. The number of H-pyrrole nitrogens is 4. The second-order valence-corrected chi connectivity index (χ2v) is 16.5. The van der Waals surface area contributed by atoms with Crippen molar-refractivity contribution in [3.05, 3.63) is 152 Å². The van der Waals surface area contributed by atoms with Crippen LogP contribution in [0.15, 0.2) is 153 Å². The number of pyridine rings is 1. The fourth-order valence-corrected chi connectivity index (χ4v) is 16.2. The lowest BCUT2D eigenvalue weighted by Crippen LogP contribution is -2.41. The maximum atomic E-state index is 6.53. The summed E-state index contributed by atoms with van der Waals surface area (Å²) in [7, 11) is -5.38. The number of aromatic amines is 4. The van der Waals surface area contributed by atoms with Crippen LogP contribution in [0, 0.1) is 0 Å². The molecule has 0 radical (unpaired) electrons. The minimum Gasteiger partial charge on any atom is -0.464 e. The third kappa shape index (κ3) is 2.92. The smallest absolute Gasteiger partial charge is 0.161 e. The van der Waals surface area contributed by atoms with Gasteiger partial charge in [0.2, 0.25) is 0 Å². The fourth-order valence-electron chi connectivity index (χ4n) is 7.47. The maximum absolute atomic E-state index is 6.53. The molecule has 0 aliphatic carbocycles. The van der Waals surface area contributed by atoms with Gasteiger partial charge in [-0.2, -0.15) is 30.7 Å². The molecule has 0 amide bonds. The number of allylic oxidation sites excluding steroid dienone is 2. The molecule has 8 aromatic rings. The molecule has 0 unspecified atom stereocenters. The summed E-state index contributed by atoms with van der Waals surface area (Å²) in [5.41, 5.74) is 2.24. The summed E-state index contributed by atoms with van der Waals surface area (Å²) < 4.78 is 6.53. The monoisotopic (exact) mass is 651 g/mol. The first-order chi connectivity index (χ1) is 23.8. The van der Waals surface area contributed by atoms with Gasteiger partial charge in [0.05, 0.1) is 38.1 Å². The van der Waals surface area contributed by atoms with Crippen LogP contribution in [0.2, 0.25) is 0 Å². The average molecular weight is 652 g/mol. The highest BCUT2D eigenvalue weighted by molar-refractivity contribution is 8.76. The van der Waals surface area contributed by atoms with Gasteiger partial charge in [-0.15, -0.1) is 0 Å². The summed E-state index contributed by atoms with van der Waals surface area (Å²) in [6.45, 7) is 0. The molecule has 0 spiro atoms. The molecule has 1 aliphatic rings. The van der Waals surface area contributed by atoms with Crippen LogP contribution in [-0.4, -0.2) is 65.7 Å². The van der Waals surface area contributed by atoms with Gasteiger partial charge in [0.25, 0.3) is 0 Å². The molecule has 0 saturated heterocycles. The number of hydrogen-bond acceptors (Lipinski definition) is 10. The van der Waals surface area contributed by atoms with E-state index in [0.29, 0.717) is 64.2 Å². The van der Waals surface area contributed by atoms with Gasteiger partial charge in [-0.25, -0.2) is 15.0 Å². The van der Waals surface area contributed by atoms with Crippen LogP contribution >= 0.6 is 8.29 Å². The fraction of sp³-hybridized carbons (Fsp3) is 0. The number of imidazole rings is 1. The van der Waals surface area contributed by atoms with Crippen molar-refractivity contribution in [3.8, 4) is 0 Å². The molecular formula is C33H25N13OS. The molecule has 0 aromatic carbocycles. The second-order valence-electron chi connectivity index (χ2n) is 11.0. The van der Waals surface area contributed by atoms with E-state index in [1.807, 2.05) is 66.9 Å². The van der Waals surface area contributed by atoms with Crippen molar-refractivity contribution in [3.63, 3.8) is 0 Å². The standard InChI is InChI=1S/C33H25N13OS/c1-2-12-34-25(9-1)48(26-10-4-13-35-26,27-11-17-41-45-27,33-38-18-19-39-33)30(22-7-3-16-40-43-22)29(32-36-14-6-15-37-32)28(23-21-42-46-44-23)31(48)24-8-5-20-47-24/h1-21,35H,(H,38,39)(H,41,45)(H,42,44,46). The van der Waals surface area contributed by atoms with Crippen LogP contribution < -0.4 is 0 Å². The first-order valence-corrected chi connectivity index (χ1v) is 17.3. The van der Waals surface area contributed by atoms with Crippen LogP contribution in [0.3, 0.4) is 0 Å². The van der Waals surface area contributed by atoms with Gasteiger partial charge >= 0.3 is 0 Å². The molecule has 4 N–H and O–H groups in total. The van der Waals surface area contributed by atoms with Gasteiger partial charge in [-0.3, -0.25) is 10.1 Å². The van der Waals surface area contributed by atoms with Crippen molar-refractivity contribution >= 4 is 29.3 Å². The zero-order valence-corrected chi connectivity index (χ0v) is 25.8. The minimum atomic E-state index is -5.38. The Labute approximate surface area is 270 Å². The Morgan fingerprint density at radius 3 is 2.23 bits per heavy atom. The maximum Gasteiger partial charge on any atom is 0.161 e. The molecule has 0 bridgehead atoms. The summed E-state index contributed by atoms with van der Waals surface area (Å²) in [4.78, 5) is 28.9. The highest BCUT2D eigenvalue weighted by atomic mass is 32.4. The first-order valence-electron chi connectivity index (χ1n) is 14.8. The quantitative estimate of drug-likeness (QED) is 0.158. The van der Waals surface area contributed by atoms with Crippen LogP contribution in [0.5, 0.6) is 0 Å². The topological polar surface area (TPSA) is 192 Å². The van der Waals surface area contributed by atoms with Crippen molar-refractivity contribution in [1.29, 1.82) is 0 Å². The molecule has 1 aliphatic heterocycles. The van der Waals surface area contributed by atoms with Gasteiger partial charge < -0.3 is 14.4 Å². The van der Waals surface area contributed by atoms with Crippen LogP contribution in [-0.2, 0) is 0 Å². The van der Waals surface area contributed by atoms with E-state index in [-0.39, 0.29) is 0 Å². The molecule has 8 aromatic heterocycles. The van der Waals surface area contributed by atoms with Crippen molar-refractivity contribution in [2.24, 2.45) is 0 Å². The van der Waals surface area contributed by atoms with E-state index in [1.165, 1.54) is 0 Å². The van der Waals surface area contributed by atoms with E-state index in [4.69, 9.17) is 34.6 Å². The van der Waals surface area contributed by atoms with Gasteiger partial charge in [0, 0.05) is 65.6 Å². The van der Waals surface area contributed by atoms with E-state index < -0.39 is 8.29 Å². The summed E-state index contributed by atoms with van der Waals surface area (Å²) in [6, 6.07) is 21.1. The predicted octanol–water partition coefficient (Wildman–Crippen LogP) is 5.71. The zero-order chi connectivity index (χ0) is 32.1. The van der Waals surface area contributed by atoms with Crippen LogP contribution in [0.1, 0.15) is 23.0 Å². The van der Waals surface area contributed by atoms with Crippen LogP contribution in [0.4, 0.5) is 0 Å². The Bertz CT molecular complexity index is 2320.